The van der Waals surface area contributed by atoms with Gasteiger partial charge >= 0.3 is 0 Å². The number of nitrogens with zero attached hydrogens (tertiary/aromatic N) is 6. The fourth-order valence-electron chi connectivity index (χ4n) is 3.92. The van der Waals surface area contributed by atoms with Crippen LogP contribution in [0, 0.1) is 29.9 Å². The molecule has 1 atom stereocenters. The molecule has 4 aromatic rings. The molecule has 4 heterocycles. The van der Waals surface area contributed by atoms with E-state index in [2.05, 4.69) is 25.5 Å². The van der Waals surface area contributed by atoms with E-state index >= 15 is 0 Å². The van der Waals surface area contributed by atoms with E-state index in [-0.39, 0.29) is 36.0 Å². The van der Waals surface area contributed by atoms with Crippen LogP contribution < -0.4 is 5.32 Å². The molecule has 0 aliphatic heterocycles. The second-order valence-corrected chi connectivity index (χ2v) is 7.88. The van der Waals surface area contributed by atoms with Crippen molar-refractivity contribution in [3.05, 3.63) is 82.2 Å². The SMILES string of the molecule is COCc1c(C(CNC(=O)c2cc(-c3ncc(F)cc3F)on2)c2cccc(C#N)n2)c(C)nn1C. The summed E-state index contributed by atoms with van der Waals surface area (Å²) in [6, 6.07) is 8.96. The van der Waals surface area contributed by atoms with Crippen molar-refractivity contribution >= 4 is 5.91 Å². The number of nitrogens with one attached hydrogen (secondary N) is 1. The summed E-state index contributed by atoms with van der Waals surface area (Å²) in [6.07, 6.45) is 0.835. The zero-order valence-corrected chi connectivity index (χ0v) is 19.6. The summed E-state index contributed by atoms with van der Waals surface area (Å²) >= 11 is 0. The Morgan fingerprint density at radius 2 is 2.14 bits per heavy atom. The number of hydrogen-bond acceptors (Lipinski definition) is 8. The van der Waals surface area contributed by atoms with E-state index in [9.17, 15) is 18.8 Å². The number of methoxy groups -OCH3 is 1. The number of halogens is 2. The second kappa shape index (κ2) is 10.4. The molecular weight excluding hydrogens is 472 g/mol. The highest BCUT2D eigenvalue weighted by Gasteiger charge is 2.27. The highest BCUT2D eigenvalue weighted by molar-refractivity contribution is 5.93. The highest BCUT2D eigenvalue weighted by atomic mass is 19.1. The molecule has 0 aromatic carbocycles. The van der Waals surface area contributed by atoms with Crippen LogP contribution >= 0.6 is 0 Å². The Hall–Kier alpha value is -4.50. The predicted molar refractivity (Wildman–Crippen MR) is 121 cm³/mol. The summed E-state index contributed by atoms with van der Waals surface area (Å²) in [5, 5.41) is 20.3. The van der Waals surface area contributed by atoms with Gasteiger partial charge in [-0.15, -0.1) is 0 Å². The second-order valence-electron chi connectivity index (χ2n) is 7.88. The standard InChI is InChI=1S/C24H21F2N7O3/c1-13-22(20(12-35-3)33(2)31-13)16(18-6-4-5-15(9-27)30-18)11-29-24(34)19-8-21(36-32-19)23-17(26)7-14(25)10-28-23/h4-8,10,16H,11-12H2,1-3H3,(H,29,34). The Labute approximate surface area is 204 Å². The number of carbonyl (C=O) groups is 1. The first-order chi connectivity index (χ1) is 17.3. The molecule has 1 N–H and O–H groups in total. The van der Waals surface area contributed by atoms with Crippen molar-refractivity contribution in [2.45, 2.75) is 19.4 Å². The molecule has 0 bridgehead atoms. The summed E-state index contributed by atoms with van der Waals surface area (Å²) in [4.78, 5) is 21.0. The van der Waals surface area contributed by atoms with Crippen LogP contribution in [-0.4, -0.2) is 44.5 Å². The van der Waals surface area contributed by atoms with Crippen LogP contribution in [0.25, 0.3) is 11.5 Å². The van der Waals surface area contributed by atoms with Crippen molar-refractivity contribution in [2.24, 2.45) is 7.05 Å². The third kappa shape index (κ3) is 4.96. The van der Waals surface area contributed by atoms with Crippen molar-refractivity contribution in [2.75, 3.05) is 13.7 Å². The van der Waals surface area contributed by atoms with Gasteiger partial charge in [-0.25, -0.2) is 18.7 Å². The van der Waals surface area contributed by atoms with Gasteiger partial charge in [-0.3, -0.25) is 9.48 Å². The molecule has 12 heteroatoms. The van der Waals surface area contributed by atoms with Gasteiger partial charge in [-0.2, -0.15) is 10.4 Å². The average molecular weight is 493 g/mol. The lowest BCUT2D eigenvalue weighted by Gasteiger charge is -2.19. The summed E-state index contributed by atoms with van der Waals surface area (Å²) < 4.78 is 39.3. The molecule has 4 aromatic heterocycles. The lowest BCUT2D eigenvalue weighted by Crippen LogP contribution is -2.30. The van der Waals surface area contributed by atoms with Gasteiger partial charge in [-0.1, -0.05) is 11.2 Å². The van der Waals surface area contributed by atoms with Crippen molar-refractivity contribution in [3.63, 3.8) is 0 Å². The van der Waals surface area contributed by atoms with E-state index in [4.69, 9.17) is 9.26 Å². The molecule has 4 rings (SSSR count). The predicted octanol–water partition coefficient (Wildman–Crippen LogP) is 3.03. The zero-order valence-electron chi connectivity index (χ0n) is 19.6. The Kier molecular flexibility index (Phi) is 7.12. The molecule has 184 valence electrons. The molecule has 1 amide bonds. The first-order valence-corrected chi connectivity index (χ1v) is 10.8. The third-order valence-corrected chi connectivity index (χ3v) is 5.51. The van der Waals surface area contributed by atoms with Gasteiger partial charge in [0.1, 0.15) is 23.3 Å². The topological polar surface area (TPSA) is 132 Å². The van der Waals surface area contributed by atoms with Gasteiger partial charge in [0.05, 0.1) is 29.9 Å². The Bertz CT molecular complexity index is 1460. The summed E-state index contributed by atoms with van der Waals surface area (Å²) in [7, 11) is 3.36. The third-order valence-electron chi connectivity index (χ3n) is 5.51. The van der Waals surface area contributed by atoms with Crippen LogP contribution in [0.4, 0.5) is 8.78 Å². The number of carbonyl (C=O) groups excluding carboxylic acids is 1. The fraction of sp³-hybridized carbons (Fsp3) is 0.250. The van der Waals surface area contributed by atoms with Crippen molar-refractivity contribution < 1.29 is 22.8 Å². The van der Waals surface area contributed by atoms with Gasteiger partial charge in [0.2, 0.25) is 0 Å². The van der Waals surface area contributed by atoms with Gasteiger partial charge < -0.3 is 14.6 Å². The molecule has 36 heavy (non-hydrogen) atoms. The minimum Gasteiger partial charge on any atom is -0.378 e. The number of nitriles is 1. The zero-order chi connectivity index (χ0) is 25.8. The number of aryl methyl sites for hydroxylation is 2. The minimum absolute atomic E-state index is 0.0787. The van der Waals surface area contributed by atoms with Crippen molar-refractivity contribution in [3.8, 4) is 17.5 Å². The van der Waals surface area contributed by atoms with Crippen molar-refractivity contribution in [1.29, 1.82) is 5.26 Å². The maximum Gasteiger partial charge on any atom is 0.273 e. The first kappa shape index (κ1) is 24.6. The molecule has 0 aliphatic carbocycles. The Morgan fingerprint density at radius 1 is 1.33 bits per heavy atom. The highest BCUT2D eigenvalue weighted by Crippen LogP contribution is 2.29. The number of ether oxygens (including phenoxy) is 1. The lowest BCUT2D eigenvalue weighted by molar-refractivity contribution is 0.0943. The molecule has 0 aliphatic rings. The van der Waals surface area contributed by atoms with Crippen LogP contribution in [0.3, 0.4) is 0 Å². The molecule has 10 nitrogen and oxygen atoms in total. The smallest absolute Gasteiger partial charge is 0.273 e. The monoisotopic (exact) mass is 493 g/mol. The van der Waals surface area contributed by atoms with Gasteiger partial charge in [0.15, 0.2) is 17.3 Å². The molecule has 0 radical (unpaired) electrons. The maximum atomic E-state index is 14.0. The van der Waals surface area contributed by atoms with Crippen LogP contribution in [0.1, 0.15) is 44.7 Å². The first-order valence-electron chi connectivity index (χ1n) is 10.8. The summed E-state index contributed by atoms with van der Waals surface area (Å²) in [6.45, 7) is 2.19. The van der Waals surface area contributed by atoms with Gasteiger partial charge in [0, 0.05) is 44.3 Å². The fourth-order valence-corrected chi connectivity index (χ4v) is 3.92. The molecular formula is C24H21F2N7O3. The molecule has 1 unspecified atom stereocenters. The maximum absolute atomic E-state index is 14.0. The number of pyridine rings is 2. The minimum atomic E-state index is -0.945. The van der Waals surface area contributed by atoms with Gasteiger partial charge in [0.25, 0.3) is 5.91 Å². The summed E-state index contributed by atoms with van der Waals surface area (Å²) in [5.41, 5.74) is 2.71. The number of hydrogen-bond donors (Lipinski definition) is 1. The van der Waals surface area contributed by atoms with E-state index in [0.717, 1.165) is 23.1 Å². The van der Waals surface area contributed by atoms with Crippen LogP contribution in [0.5, 0.6) is 0 Å². The largest absolute Gasteiger partial charge is 0.378 e. The van der Waals surface area contributed by atoms with E-state index in [1.165, 1.54) is 6.07 Å². The van der Waals surface area contributed by atoms with Crippen LogP contribution in [0.15, 0.2) is 41.1 Å². The summed E-state index contributed by atoms with van der Waals surface area (Å²) in [5.74, 6) is -2.97. The number of aromatic nitrogens is 5. The molecule has 0 spiro atoms. The van der Waals surface area contributed by atoms with E-state index in [1.54, 1.807) is 37.0 Å². The van der Waals surface area contributed by atoms with E-state index in [1.807, 2.05) is 13.0 Å². The molecule has 0 saturated heterocycles. The van der Waals surface area contributed by atoms with E-state index in [0.29, 0.717) is 11.8 Å². The number of rotatable bonds is 8. The quantitative estimate of drug-likeness (QED) is 0.396. The molecule has 0 fully saturated rings. The lowest BCUT2D eigenvalue weighted by atomic mass is 9.92. The Morgan fingerprint density at radius 3 is 2.86 bits per heavy atom. The van der Waals surface area contributed by atoms with E-state index < -0.39 is 23.5 Å². The van der Waals surface area contributed by atoms with Crippen LogP contribution in [-0.2, 0) is 18.4 Å². The Balaban J connectivity index is 1.63. The number of amides is 1. The molecule has 0 saturated carbocycles. The normalized spacial score (nSPS) is 11.8. The van der Waals surface area contributed by atoms with Crippen molar-refractivity contribution in [1.82, 2.24) is 30.2 Å². The van der Waals surface area contributed by atoms with Crippen LogP contribution in [0.2, 0.25) is 0 Å². The van der Waals surface area contributed by atoms with Gasteiger partial charge in [-0.05, 0) is 19.1 Å². The average Bonchev–Trinajstić information content (AvgIpc) is 3.45.